The molecule has 2 nitrogen and oxygen atoms in total. The first-order valence-corrected chi connectivity index (χ1v) is 6.45. The van der Waals surface area contributed by atoms with Crippen molar-refractivity contribution in [3.63, 3.8) is 0 Å². The molecule has 0 atom stereocenters. The number of benzene rings is 1. The molecule has 17 heavy (non-hydrogen) atoms. The molecule has 0 aliphatic carbocycles. The maximum atomic E-state index is 5.75. The smallest absolute Gasteiger partial charge is 0.119 e. The highest BCUT2D eigenvalue weighted by Crippen LogP contribution is 2.24. The van der Waals surface area contributed by atoms with E-state index in [4.69, 9.17) is 4.74 Å². The van der Waals surface area contributed by atoms with Crippen LogP contribution in [0, 0.1) is 0 Å². The summed E-state index contributed by atoms with van der Waals surface area (Å²) in [5, 5.41) is 0. The van der Waals surface area contributed by atoms with Gasteiger partial charge in [-0.15, -0.1) is 0 Å². The molecule has 0 heterocycles. The molecule has 0 saturated heterocycles. The van der Waals surface area contributed by atoms with Crippen LogP contribution in [0.3, 0.4) is 0 Å². The molecule has 0 amide bonds. The fourth-order valence-corrected chi connectivity index (χ4v) is 1.89. The molecular weight excluding hydrogens is 210 g/mol. The van der Waals surface area contributed by atoms with E-state index in [1.54, 1.807) is 0 Å². The standard InChI is InChI=1S/C15H25NO/c1-6-13-11-14(17-10-9-16(4)5)7-8-15(13)12(2)3/h7-8,11-12H,6,9-10H2,1-5H3. The Morgan fingerprint density at radius 3 is 2.47 bits per heavy atom. The molecule has 0 radical (unpaired) electrons. The highest BCUT2D eigenvalue weighted by molar-refractivity contribution is 5.37. The molecular formula is C15H25NO. The summed E-state index contributed by atoms with van der Waals surface area (Å²) in [6.45, 7) is 8.37. The predicted molar refractivity (Wildman–Crippen MR) is 74.0 cm³/mol. The van der Waals surface area contributed by atoms with Crippen LogP contribution in [-0.4, -0.2) is 32.1 Å². The minimum Gasteiger partial charge on any atom is -0.492 e. The first kappa shape index (κ1) is 14.0. The van der Waals surface area contributed by atoms with Gasteiger partial charge >= 0.3 is 0 Å². The van der Waals surface area contributed by atoms with E-state index in [1.807, 2.05) is 0 Å². The van der Waals surface area contributed by atoms with Crippen molar-refractivity contribution < 1.29 is 4.74 Å². The van der Waals surface area contributed by atoms with E-state index >= 15 is 0 Å². The second-order valence-corrected chi connectivity index (χ2v) is 5.02. The fraction of sp³-hybridized carbons (Fsp3) is 0.600. The monoisotopic (exact) mass is 235 g/mol. The molecule has 0 N–H and O–H groups in total. The van der Waals surface area contributed by atoms with Crippen molar-refractivity contribution in [2.45, 2.75) is 33.1 Å². The van der Waals surface area contributed by atoms with Crippen LogP contribution in [0.25, 0.3) is 0 Å². The van der Waals surface area contributed by atoms with Crippen LogP contribution in [0.4, 0.5) is 0 Å². The molecule has 2 heteroatoms. The molecule has 0 aromatic heterocycles. The number of ether oxygens (including phenoxy) is 1. The van der Waals surface area contributed by atoms with Gasteiger partial charge in [-0.05, 0) is 49.7 Å². The highest BCUT2D eigenvalue weighted by Gasteiger charge is 2.06. The number of hydrogen-bond donors (Lipinski definition) is 0. The zero-order valence-electron chi connectivity index (χ0n) is 11.8. The van der Waals surface area contributed by atoms with E-state index in [0.717, 1.165) is 25.3 Å². The molecule has 1 rings (SSSR count). The molecule has 0 bridgehead atoms. The highest BCUT2D eigenvalue weighted by atomic mass is 16.5. The third-order valence-electron chi connectivity index (χ3n) is 2.92. The van der Waals surface area contributed by atoms with Crippen molar-refractivity contribution in [1.82, 2.24) is 4.90 Å². The van der Waals surface area contributed by atoms with Crippen molar-refractivity contribution in [3.8, 4) is 5.75 Å². The van der Waals surface area contributed by atoms with E-state index in [9.17, 15) is 0 Å². The lowest BCUT2D eigenvalue weighted by Gasteiger charge is -2.15. The van der Waals surface area contributed by atoms with E-state index in [0.29, 0.717) is 5.92 Å². The van der Waals surface area contributed by atoms with Gasteiger partial charge in [0.15, 0.2) is 0 Å². The molecule has 0 unspecified atom stereocenters. The summed E-state index contributed by atoms with van der Waals surface area (Å²) >= 11 is 0. The maximum Gasteiger partial charge on any atom is 0.119 e. The van der Waals surface area contributed by atoms with Crippen molar-refractivity contribution in [2.24, 2.45) is 0 Å². The van der Waals surface area contributed by atoms with Crippen LogP contribution in [0.5, 0.6) is 5.75 Å². The van der Waals surface area contributed by atoms with Crippen LogP contribution < -0.4 is 4.74 Å². The molecule has 1 aromatic rings. The third-order valence-corrected chi connectivity index (χ3v) is 2.92. The van der Waals surface area contributed by atoms with Crippen LogP contribution in [0.1, 0.15) is 37.8 Å². The van der Waals surface area contributed by atoms with Crippen LogP contribution in [-0.2, 0) is 6.42 Å². The number of likely N-dealkylation sites (N-methyl/N-ethyl adjacent to an activating group) is 1. The summed E-state index contributed by atoms with van der Waals surface area (Å²) in [6.07, 6.45) is 1.07. The molecule has 1 aromatic carbocycles. The van der Waals surface area contributed by atoms with Crippen molar-refractivity contribution in [3.05, 3.63) is 29.3 Å². The Bertz CT molecular complexity index is 345. The SMILES string of the molecule is CCc1cc(OCCN(C)C)ccc1C(C)C. The number of rotatable bonds is 6. The van der Waals surface area contributed by atoms with Gasteiger partial charge in [0.1, 0.15) is 12.4 Å². The molecule has 96 valence electrons. The minimum atomic E-state index is 0.584. The molecule has 0 spiro atoms. The summed E-state index contributed by atoms with van der Waals surface area (Å²) < 4.78 is 5.75. The van der Waals surface area contributed by atoms with Gasteiger partial charge in [-0.3, -0.25) is 0 Å². The zero-order chi connectivity index (χ0) is 12.8. The van der Waals surface area contributed by atoms with E-state index in [1.165, 1.54) is 11.1 Å². The Kier molecular flexibility index (Phi) is 5.49. The Morgan fingerprint density at radius 1 is 1.24 bits per heavy atom. The van der Waals surface area contributed by atoms with Gasteiger partial charge in [-0.2, -0.15) is 0 Å². The van der Waals surface area contributed by atoms with E-state index in [-0.39, 0.29) is 0 Å². The van der Waals surface area contributed by atoms with Gasteiger partial charge in [-0.1, -0.05) is 26.8 Å². The van der Waals surface area contributed by atoms with E-state index in [2.05, 4.69) is 58.0 Å². The van der Waals surface area contributed by atoms with Crippen molar-refractivity contribution in [2.75, 3.05) is 27.2 Å². The fourth-order valence-electron chi connectivity index (χ4n) is 1.89. The Balaban J connectivity index is 2.69. The summed E-state index contributed by atoms with van der Waals surface area (Å²) in [5.74, 6) is 1.58. The normalized spacial score (nSPS) is 11.2. The first-order valence-electron chi connectivity index (χ1n) is 6.45. The summed E-state index contributed by atoms with van der Waals surface area (Å²) in [7, 11) is 4.12. The van der Waals surface area contributed by atoms with Gasteiger partial charge in [0.05, 0.1) is 0 Å². The minimum absolute atomic E-state index is 0.584. The van der Waals surface area contributed by atoms with Gasteiger partial charge < -0.3 is 9.64 Å². The molecule has 0 aliphatic rings. The van der Waals surface area contributed by atoms with Gasteiger partial charge in [0.2, 0.25) is 0 Å². The Labute approximate surface area is 106 Å². The zero-order valence-corrected chi connectivity index (χ0v) is 11.8. The van der Waals surface area contributed by atoms with Gasteiger partial charge in [0, 0.05) is 6.54 Å². The third kappa shape index (κ3) is 4.39. The second kappa shape index (κ2) is 6.65. The molecule has 0 fully saturated rings. The van der Waals surface area contributed by atoms with Crippen molar-refractivity contribution >= 4 is 0 Å². The maximum absolute atomic E-state index is 5.75. The first-order chi connectivity index (χ1) is 8.04. The largest absolute Gasteiger partial charge is 0.492 e. The second-order valence-electron chi connectivity index (χ2n) is 5.02. The van der Waals surface area contributed by atoms with Crippen molar-refractivity contribution in [1.29, 1.82) is 0 Å². The summed E-state index contributed by atoms with van der Waals surface area (Å²) in [4.78, 5) is 2.13. The Hall–Kier alpha value is -1.02. The molecule has 0 saturated carbocycles. The van der Waals surface area contributed by atoms with Crippen LogP contribution in [0.15, 0.2) is 18.2 Å². The average molecular weight is 235 g/mol. The number of aryl methyl sites for hydroxylation is 1. The Morgan fingerprint density at radius 2 is 1.94 bits per heavy atom. The predicted octanol–water partition coefficient (Wildman–Crippen LogP) is 3.31. The lowest BCUT2D eigenvalue weighted by atomic mass is 9.95. The average Bonchev–Trinajstić information content (AvgIpc) is 2.28. The molecule has 0 aliphatic heterocycles. The summed E-state index contributed by atoms with van der Waals surface area (Å²) in [6, 6.07) is 6.48. The lowest BCUT2D eigenvalue weighted by molar-refractivity contribution is 0.261. The topological polar surface area (TPSA) is 12.5 Å². The lowest BCUT2D eigenvalue weighted by Crippen LogP contribution is -2.19. The van der Waals surface area contributed by atoms with E-state index < -0.39 is 0 Å². The van der Waals surface area contributed by atoms with Crippen LogP contribution in [0.2, 0.25) is 0 Å². The number of nitrogens with zero attached hydrogens (tertiary/aromatic N) is 1. The quantitative estimate of drug-likeness (QED) is 0.750. The van der Waals surface area contributed by atoms with Gasteiger partial charge in [-0.25, -0.2) is 0 Å². The summed E-state index contributed by atoms with van der Waals surface area (Å²) in [5.41, 5.74) is 2.84. The number of hydrogen-bond acceptors (Lipinski definition) is 2. The van der Waals surface area contributed by atoms with Crippen LogP contribution >= 0.6 is 0 Å². The van der Waals surface area contributed by atoms with Gasteiger partial charge in [0.25, 0.3) is 0 Å².